The number of nitrogen functional groups attached to an aromatic ring is 1. The van der Waals surface area contributed by atoms with Crippen molar-refractivity contribution in [1.82, 2.24) is 9.78 Å². The zero-order valence-corrected chi connectivity index (χ0v) is 12.9. The van der Waals surface area contributed by atoms with Crippen LogP contribution in [0.3, 0.4) is 0 Å². The van der Waals surface area contributed by atoms with E-state index in [1.165, 1.54) is 30.0 Å². The van der Waals surface area contributed by atoms with Crippen LogP contribution in [0.15, 0.2) is 29.3 Å². The summed E-state index contributed by atoms with van der Waals surface area (Å²) in [5.74, 6) is -0.675. The lowest BCUT2D eigenvalue weighted by atomic mass is 10.2. The van der Waals surface area contributed by atoms with E-state index >= 15 is 0 Å². The molecule has 2 rings (SSSR count). The molecule has 0 radical (unpaired) electrons. The zero-order chi connectivity index (χ0) is 15.6. The first-order valence-electron chi connectivity index (χ1n) is 6.40. The van der Waals surface area contributed by atoms with Gasteiger partial charge in [0.25, 0.3) is 0 Å². The van der Waals surface area contributed by atoms with Gasteiger partial charge < -0.3 is 11.1 Å². The Morgan fingerprint density at radius 2 is 2.19 bits per heavy atom. The van der Waals surface area contributed by atoms with E-state index in [0.717, 1.165) is 10.7 Å². The van der Waals surface area contributed by atoms with E-state index in [-0.39, 0.29) is 16.8 Å². The molecule has 21 heavy (non-hydrogen) atoms. The number of halogens is 1. The monoisotopic (exact) mass is 308 g/mol. The minimum Gasteiger partial charge on any atom is -0.396 e. The largest absolute Gasteiger partial charge is 0.396 e. The molecular formula is C14H17FN4OS. The molecule has 1 heterocycles. The van der Waals surface area contributed by atoms with Crippen molar-refractivity contribution in [3.63, 3.8) is 0 Å². The summed E-state index contributed by atoms with van der Waals surface area (Å²) in [6.45, 7) is 3.70. The van der Waals surface area contributed by atoms with Crippen LogP contribution < -0.4 is 11.1 Å². The Morgan fingerprint density at radius 3 is 2.76 bits per heavy atom. The third-order valence-electron chi connectivity index (χ3n) is 2.89. The van der Waals surface area contributed by atoms with Crippen molar-refractivity contribution in [2.75, 3.05) is 11.1 Å². The number of rotatable bonds is 4. The van der Waals surface area contributed by atoms with Gasteiger partial charge in [-0.15, -0.1) is 0 Å². The van der Waals surface area contributed by atoms with E-state index in [2.05, 4.69) is 10.4 Å². The number of hydrogen-bond acceptors (Lipinski definition) is 4. The zero-order valence-electron chi connectivity index (χ0n) is 12.1. The number of thioether (sulfide) groups is 1. The van der Waals surface area contributed by atoms with Gasteiger partial charge in [0.1, 0.15) is 5.82 Å². The van der Waals surface area contributed by atoms with Crippen molar-refractivity contribution < 1.29 is 9.18 Å². The van der Waals surface area contributed by atoms with Crippen molar-refractivity contribution in [1.29, 1.82) is 0 Å². The summed E-state index contributed by atoms with van der Waals surface area (Å²) in [6.07, 6.45) is 0. The molecule has 1 amide bonds. The van der Waals surface area contributed by atoms with Gasteiger partial charge in [0.05, 0.1) is 21.7 Å². The Bertz CT molecular complexity index is 671. The summed E-state index contributed by atoms with van der Waals surface area (Å²) in [5.41, 5.74) is 6.87. The molecular weight excluding hydrogens is 291 g/mol. The van der Waals surface area contributed by atoms with Gasteiger partial charge in [-0.3, -0.25) is 9.48 Å². The van der Waals surface area contributed by atoms with Gasteiger partial charge in [0, 0.05) is 12.7 Å². The third-order valence-corrected chi connectivity index (χ3v) is 4.08. The molecule has 1 atom stereocenters. The highest BCUT2D eigenvalue weighted by Crippen LogP contribution is 2.25. The number of carbonyl (C=O) groups excluding carboxylic acids is 1. The number of hydrogen-bond donors (Lipinski definition) is 2. The Kier molecular flexibility index (Phi) is 4.52. The molecule has 0 spiro atoms. The Hall–Kier alpha value is -2.02. The fourth-order valence-electron chi connectivity index (χ4n) is 1.80. The summed E-state index contributed by atoms with van der Waals surface area (Å²) in [7, 11) is 1.83. The van der Waals surface area contributed by atoms with E-state index in [4.69, 9.17) is 5.73 Å². The van der Waals surface area contributed by atoms with Gasteiger partial charge in [-0.1, -0.05) is 11.8 Å². The molecule has 0 saturated heterocycles. The van der Waals surface area contributed by atoms with Crippen LogP contribution in [0.4, 0.5) is 15.8 Å². The van der Waals surface area contributed by atoms with Gasteiger partial charge in [-0.25, -0.2) is 4.39 Å². The molecule has 5 nitrogen and oxygen atoms in total. The number of aromatic nitrogens is 2. The van der Waals surface area contributed by atoms with E-state index in [9.17, 15) is 9.18 Å². The maximum absolute atomic E-state index is 13.1. The van der Waals surface area contributed by atoms with Crippen LogP contribution >= 0.6 is 11.8 Å². The molecule has 0 fully saturated rings. The molecule has 1 aromatic heterocycles. The number of nitrogens with zero attached hydrogens (tertiary/aromatic N) is 2. The number of aryl methyl sites for hydroxylation is 2. The number of anilines is 2. The highest BCUT2D eigenvalue weighted by Gasteiger charge is 2.17. The number of nitrogens with two attached hydrogens (primary N) is 1. The van der Waals surface area contributed by atoms with Crippen LogP contribution in [-0.2, 0) is 11.8 Å². The normalized spacial score (nSPS) is 12.2. The number of amides is 1. The van der Waals surface area contributed by atoms with Gasteiger partial charge in [-0.2, -0.15) is 5.10 Å². The number of benzene rings is 1. The first-order valence-corrected chi connectivity index (χ1v) is 7.28. The lowest BCUT2D eigenvalue weighted by Crippen LogP contribution is -2.22. The molecule has 0 saturated carbocycles. The second kappa shape index (κ2) is 6.17. The highest BCUT2D eigenvalue weighted by atomic mass is 32.2. The number of nitrogens with one attached hydrogen (secondary N) is 1. The van der Waals surface area contributed by atoms with Crippen LogP contribution in [0.25, 0.3) is 0 Å². The fraction of sp³-hybridized carbons (Fsp3) is 0.286. The Balaban J connectivity index is 2.02. The van der Waals surface area contributed by atoms with Crippen LogP contribution in [0, 0.1) is 12.7 Å². The van der Waals surface area contributed by atoms with Crippen LogP contribution in [0.5, 0.6) is 0 Å². The maximum atomic E-state index is 13.1. The topological polar surface area (TPSA) is 72.9 Å². The second-order valence-corrected chi connectivity index (χ2v) is 6.09. The van der Waals surface area contributed by atoms with Crippen LogP contribution in [-0.4, -0.2) is 20.9 Å². The summed E-state index contributed by atoms with van der Waals surface area (Å²) in [5, 5.41) is 7.55. The molecule has 7 heteroatoms. The SMILES string of the molecule is Cc1cc(SC(C)C(=O)Nc2ccc(F)c(N)c2)n(C)n1. The van der Waals surface area contributed by atoms with E-state index in [1.807, 2.05) is 20.0 Å². The van der Waals surface area contributed by atoms with Gasteiger partial charge in [-0.05, 0) is 38.1 Å². The predicted molar refractivity (Wildman–Crippen MR) is 82.7 cm³/mol. The first kappa shape index (κ1) is 15.4. The molecule has 3 N–H and O–H groups in total. The molecule has 2 aromatic rings. The summed E-state index contributed by atoms with van der Waals surface area (Å²) in [4.78, 5) is 12.1. The molecule has 1 unspecified atom stereocenters. The first-order chi connectivity index (χ1) is 9.86. The summed E-state index contributed by atoms with van der Waals surface area (Å²) >= 11 is 1.41. The Morgan fingerprint density at radius 1 is 1.48 bits per heavy atom. The molecule has 0 aliphatic heterocycles. The minimum absolute atomic E-state index is 0.00960. The van der Waals surface area contributed by atoms with Crippen molar-refractivity contribution >= 4 is 29.0 Å². The average Bonchev–Trinajstić information content (AvgIpc) is 2.72. The molecule has 112 valence electrons. The Labute approximate surface area is 126 Å². The van der Waals surface area contributed by atoms with Crippen LogP contribution in [0.1, 0.15) is 12.6 Å². The summed E-state index contributed by atoms with van der Waals surface area (Å²) < 4.78 is 14.8. The molecule has 0 bridgehead atoms. The van der Waals surface area contributed by atoms with Crippen molar-refractivity contribution in [2.45, 2.75) is 24.1 Å². The molecule has 0 aliphatic rings. The van der Waals surface area contributed by atoms with Crippen molar-refractivity contribution in [2.24, 2.45) is 7.05 Å². The summed E-state index contributed by atoms with van der Waals surface area (Å²) in [6, 6.07) is 6.03. The van der Waals surface area contributed by atoms with E-state index < -0.39 is 5.82 Å². The number of carbonyl (C=O) groups is 1. The fourth-order valence-corrected chi connectivity index (χ4v) is 2.76. The lowest BCUT2D eigenvalue weighted by molar-refractivity contribution is -0.115. The van der Waals surface area contributed by atoms with Crippen molar-refractivity contribution in [3.8, 4) is 0 Å². The quantitative estimate of drug-likeness (QED) is 0.672. The van der Waals surface area contributed by atoms with Crippen molar-refractivity contribution in [3.05, 3.63) is 35.8 Å². The lowest BCUT2D eigenvalue weighted by Gasteiger charge is -2.12. The van der Waals surface area contributed by atoms with Crippen LogP contribution in [0.2, 0.25) is 0 Å². The smallest absolute Gasteiger partial charge is 0.237 e. The van der Waals surface area contributed by atoms with E-state index in [1.54, 1.807) is 11.6 Å². The van der Waals surface area contributed by atoms with E-state index in [0.29, 0.717) is 5.69 Å². The maximum Gasteiger partial charge on any atom is 0.237 e. The van der Waals surface area contributed by atoms with Gasteiger partial charge in [0.15, 0.2) is 0 Å². The van der Waals surface area contributed by atoms with Gasteiger partial charge in [0.2, 0.25) is 5.91 Å². The third kappa shape index (κ3) is 3.75. The highest BCUT2D eigenvalue weighted by molar-refractivity contribution is 8.00. The standard InChI is InChI=1S/C14H17FN4OS/c1-8-6-13(19(3)18-8)21-9(2)14(20)17-10-4-5-11(15)12(16)7-10/h4-7,9H,16H2,1-3H3,(H,17,20). The second-order valence-electron chi connectivity index (χ2n) is 4.73. The average molecular weight is 308 g/mol. The van der Waals surface area contributed by atoms with Gasteiger partial charge >= 0.3 is 0 Å². The predicted octanol–water partition coefficient (Wildman–Crippen LogP) is 2.57. The molecule has 0 aliphatic carbocycles. The molecule has 1 aromatic carbocycles. The minimum atomic E-state index is -0.499.